The van der Waals surface area contributed by atoms with Crippen LogP contribution in [-0.4, -0.2) is 27.1 Å². The molecule has 21 heavy (non-hydrogen) atoms. The molecule has 2 rings (SSSR count). The van der Waals surface area contributed by atoms with E-state index in [1.807, 2.05) is 26.8 Å². The van der Waals surface area contributed by atoms with Crippen molar-refractivity contribution in [2.24, 2.45) is 5.92 Å². The molecule has 5 heteroatoms. The molecule has 1 atom stereocenters. The topological polar surface area (TPSA) is 57.0 Å². The number of esters is 1. The highest BCUT2D eigenvalue weighted by Crippen LogP contribution is 2.28. The third kappa shape index (κ3) is 3.06. The van der Waals surface area contributed by atoms with E-state index in [4.69, 9.17) is 4.74 Å². The number of rotatable bonds is 6. The van der Waals surface area contributed by atoms with Crippen molar-refractivity contribution >= 4 is 17.0 Å². The van der Waals surface area contributed by atoms with Crippen molar-refractivity contribution in [3.05, 3.63) is 24.3 Å². The maximum Gasteiger partial charge on any atom is 0.316 e. The van der Waals surface area contributed by atoms with E-state index in [1.165, 1.54) is 0 Å². The standard InChI is InChI=1S/C16H23N3O2/c1-5-9-19-13-7-8-17-10-12(13)18-15(19)14(11(3)4)16(20)21-6-2/h7-8,10-11,14H,5-6,9H2,1-4H3. The Hall–Kier alpha value is -1.91. The second kappa shape index (κ2) is 6.70. The molecule has 0 saturated heterocycles. The number of hydrogen-bond acceptors (Lipinski definition) is 4. The summed E-state index contributed by atoms with van der Waals surface area (Å²) >= 11 is 0. The zero-order valence-electron chi connectivity index (χ0n) is 13.2. The fraction of sp³-hybridized carbons (Fsp3) is 0.562. The molecular weight excluding hydrogens is 266 g/mol. The van der Waals surface area contributed by atoms with E-state index >= 15 is 0 Å². The van der Waals surface area contributed by atoms with Gasteiger partial charge in [-0.15, -0.1) is 0 Å². The lowest BCUT2D eigenvalue weighted by Gasteiger charge is -2.20. The SMILES string of the molecule is CCCn1c(C(C(=O)OCC)C(C)C)nc2cnccc21. The number of imidazole rings is 1. The number of carbonyl (C=O) groups excluding carboxylic acids is 1. The number of carbonyl (C=O) groups is 1. The Labute approximate surface area is 125 Å². The Morgan fingerprint density at radius 3 is 2.76 bits per heavy atom. The second-order valence-corrected chi connectivity index (χ2v) is 5.46. The first kappa shape index (κ1) is 15.5. The maximum absolute atomic E-state index is 12.3. The molecule has 0 aromatic carbocycles. The molecule has 1 unspecified atom stereocenters. The minimum Gasteiger partial charge on any atom is -0.465 e. The molecule has 0 amide bonds. The molecule has 2 aromatic heterocycles. The summed E-state index contributed by atoms with van der Waals surface area (Å²) in [7, 11) is 0. The quantitative estimate of drug-likeness (QED) is 0.767. The summed E-state index contributed by atoms with van der Waals surface area (Å²) < 4.78 is 7.36. The first-order valence-corrected chi connectivity index (χ1v) is 7.56. The van der Waals surface area contributed by atoms with Crippen LogP contribution in [-0.2, 0) is 16.1 Å². The van der Waals surface area contributed by atoms with Crippen LogP contribution in [0.3, 0.4) is 0 Å². The minimum atomic E-state index is -0.344. The normalized spacial score (nSPS) is 12.8. The molecule has 114 valence electrons. The fourth-order valence-corrected chi connectivity index (χ4v) is 2.60. The number of pyridine rings is 1. The predicted octanol–water partition coefficient (Wildman–Crippen LogP) is 3.14. The zero-order valence-corrected chi connectivity index (χ0v) is 13.2. The summed E-state index contributed by atoms with van der Waals surface area (Å²) in [6.07, 6.45) is 4.48. The highest BCUT2D eigenvalue weighted by molar-refractivity contribution is 5.81. The van der Waals surface area contributed by atoms with Crippen molar-refractivity contribution in [3.63, 3.8) is 0 Å². The van der Waals surface area contributed by atoms with E-state index < -0.39 is 0 Å². The van der Waals surface area contributed by atoms with E-state index in [0.717, 1.165) is 29.8 Å². The molecule has 2 heterocycles. The third-order valence-electron chi connectivity index (χ3n) is 3.51. The van der Waals surface area contributed by atoms with Crippen molar-refractivity contribution in [2.45, 2.75) is 46.6 Å². The first-order chi connectivity index (χ1) is 10.1. The Bertz CT molecular complexity index is 619. The van der Waals surface area contributed by atoms with E-state index in [2.05, 4.69) is 21.5 Å². The zero-order chi connectivity index (χ0) is 15.4. The smallest absolute Gasteiger partial charge is 0.316 e. The highest BCUT2D eigenvalue weighted by Gasteiger charge is 2.30. The van der Waals surface area contributed by atoms with Crippen LogP contribution in [0.15, 0.2) is 18.5 Å². The van der Waals surface area contributed by atoms with E-state index in [-0.39, 0.29) is 17.8 Å². The Balaban J connectivity index is 2.55. The van der Waals surface area contributed by atoms with Crippen molar-refractivity contribution in [3.8, 4) is 0 Å². The molecule has 0 aliphatic rings. The van der Waals surface area contributed by atoms with Gasteiger partial charge in [-0.1, -0.05) is 20.8 Å². The number of hydrogen-bond donors (Lipinski definition) is 0. The number of fused-ring (bicyclic) bond motifs is 1. The van der Waals surface area contributed by atoms with Crippen LogP contribution in [0.4, 0.5) is 0 Å². The summed E-state index contributed by atoms with van der Waals surface area (Å²) in [6, 6.07) is 1.95. The lowest BCUT2D eigenvalue weighted by atomic mass is 9.95. The number of aromatic nitrogens is 3. The lowest BCUT2D eigenvalue weighted by molar-refractivity contribution is -0.146. The average Bonchev–Trinajstić information content (AvgIpc) is 2.78. The van der Waals surface area contributed by atoms with Crippen molar-refractivity contribution in [2.75, 3.05) is 6.61 Å². The van der Waals surface area contributed by atoms with Crippen LogP contribution in [0, 0.1) is 5.92 Å². The predicted molar refractivity (Wildman–Crippen MR) is 82.0 cm³/mol. The molecule has 0 radical (unpaired) electrons. The monoisotopic (exact) mass is 289 g/mol. The van der Waals surface area contributed by atoms with Crippen molar-refractivity contribution < 1.29 is 9.53 Å². The largest absolute Gasteiger partial charge is 0.465 e. The molecule has 0 aliphatic carbocycles. The summed E-state index contributed by atoms with van der Waals surface area (Å²) in [6.45, 7) is 9.21. The Kier molecular flexibility index (Phi) is 4.94. The van der Waals surface area contributed by atoms with Crippen molar-refractivity contribution in [1.82, 2.24) is 14.5 Å². The van der Waals surface area contributed by atoms with Gasteiger partial charge in [0.15, 0.2) is 0 Å². The summed E-state index contributed by atoms with van der Waals surface area (Å²) in [5, 5.41) is 0. The van der Waals surface area contributed by atoms with Crippen LogP contribution < -0.4 is 0 Å². The first-order valence-electron chi connectivity index (χ1n) is 7.56. The van der Waals surface area contributed by atoms with Crippen LogP contribution in [0.1, 0.15) is 45.9 Å². The third-order valence-corrected chi connectivity index (χ3v) is 3.51. The second-order valence-electron chi connectivity index (χ2n) is 5.46. The highest BCUT2D eigenvalue weighted by atomic mass is 16.5. The van der Waals surface area contributed by atoms with Gasteiger partial charge in [0.05, 0.1) is 18.3 Å². The Morgan fingerprint density at radius 2 is 2.14 bits per heavy atom. The van der Waals surface area contributed by atoms with Gasteiger partial charge in [-0.25, -0.2) is 4.98 Å². The van der Waals surface area contributed by atoms with Crippen LogP contribution in [0.2, 0.25) is 0 Å². The summed E-state index contributed by atoms with van der Waals surface area (Å²) in [5.41, 5.74) is 1.85. The van der Waals surface area contributed by atoms with Gasteiger partial charge in [0.2, 0.25) is 0 Å². The fourth-order valence-electron chi connectivity index (χ4n) is 2.60. The Morgan fingerprint density at radius 1 is 1.38 bits per heavy atom. The van der Waals surface area contributed by atoms with Crippen molar-refractivity contribution in [1.29, 1.82) is 0 Å². The van der Waals surface area contributed by atoms with Crippen LogP contribution in [0.25, 0.3) is 11.0 Å². The van der Waals surface area contributed by atoms with Gasteiger partial charge in [-0.05, 0) is 25.3 Å². The van der Waals surface area contributed by atoms with Gasteiger partial charge >= 0.3 is 5.97 Å². The maximum atomic E-state index is 12.3. The molecule has 5 nitrogen and oxygen atoms in total. The molecule has 0 saturated carbocycles. The summed E-state index contributed by atoms with van der Waals surface area (Å²) in [4.78, 5) is 21.1. The molecule has 0 N–H and O–H groups in total. The van der Waals surface area contributed by atoms with Gasteiger partial charge in [0.25, 0.3) is 0 Å². The number of nitrogens with zero attached hydrogens (tertiary/aromatic N) is 3. The van der Waals surface area contributed by atoms with E-state index in [0.29, 0.717) is 6.61 Å². The molecular formula is C16H23N3O2. The van der Waals surface area contributed by atoms with Gasteiger partial charge in [0.1, 0.15) is 17.3 Å². The van der Waals surface area contributed by atoms with E-state index in [9.17, 15) is 4.79 Å². The molecule has 0 spiro atoms. The molecule has 0 bridgehead atoms. The summed E-state index contributed by atoms with van der Waals surface area (Å²) in [5.74, 6) is 0.370. The molecule has 2 aromatic rings. The number of aryl methyl sites for hydroxylation is 1. The molecule has 0 aliphatic heterocycles. The minimum absolute atomic E-state index is 0.129. The van der Waals surface area contributed by atoms with Gasteiger partial charge in [-0.3, -0.25) is 9.78 Å². The lowest BCUT2D eigenvalue weighted by Crippen LogP contribution is -2.24. The van der Waals surface area contributed by atoms with Gasteiger partial charge < -0.3 is 9.30 Å². The van der Waals surface area contributed by atoms with Gasteiger partial charge in [0, 0.05) is 12.7 Å². The average molecular weight is 289 g/mol. The molecule has 0 fully saturated rings. The number of ether oxygens (including phenoxy) is 1. The van der Waals surface area contributed by atoms with Crippen LogP contribution >= 0.6 is 0 Å². The van der Waals surface area contributed by atoms with Crippen LogP contribution in [0.5, 0.6) is 0 Å². The van der Waals surface area contributed by atoms with Gasteiger partial charge in [-0.2, -0.15) is 0 Å². The van der Waals surface area contributed by atoms with E-state index in [1.54, 1.807) is 12.4 Å².